The maximum atomic E-state index is 9.86. The van der Waals surface area contributed by atoms with E-state index >= 15 is 0 Å². The van der Waals surface area contributed by atoms with Gasteiger partial charge in [0.05, 0.1) is 13.2 Å². The van der Waals surface area contributed by atoms with Crippen molar-refractivity contribution in [2.45, 2.75) is 27.7 Å². The first-order valence-corrected chi connectivity index (χ1v) is 3.97. The van der Waals surface area contributed by atoms with Gasteiger partial charge in [0.1, 0.15) is 0 Å². The highest BCUT2D eigenvalue weighted by Crippen LogP contribution is 1.75. The van der Waals surface area contributed by atoms with Crippen LogP contribution in [0.4, 0.5) is 0 Å². The molecule has 0 aromatic carbocycles. The average Bonchev–Trinajstić information content (AvgIpc) is 2.01. The SMILES string of the molecule is CCOC(C)=O.CCOOC(C)=O. The van der Waals surface area contributed by atoms with Crippen LogP contribution in [0.15, 0.2) is 0 Å². The second-order valence-electron chi connectivity index (χ2n) is 1.91. The van der Waals surface area contributed by atoms with Crippen LogP contribution < -0.4 is 0 Å². The molecule has 0 aliphatic carbocycles. The predicted molar refractivity (Wildman–Crippen MR) is 45.7 cm³/mol. The minimum absolute atomic E-state index is 0.211. The molecule has 0 aliphatic rings. The summed E-state index contributed by atoms with van der Waals surface area (Å²) in [4.78, 5) is 28.0. The van der Waals surface area contributed by atoms with Gasteiger partial charge in [-0.1, -0.05) is 0 Å². The number of hydrogen-bond acceptors (Lipinski definition) is 5. The van der Waals surface area contributed by atoms with Crippen LogP contribution in [0.2, 0.25) is 0 Å². The highest BCUT2D eigenvalue weighted by atomic mass is 17.2. The Bertz CT molecular complexity index is 143. The Morgan fingerprint density at radius 1 is 1.00 bits per heavy atom. The van der Waals surface area contributed by atoms with Crippen molar-refractivity contribution in [2.24, 2.45) is 0 Å². The van der Waals surface area contributed by atoms with E-state index in [0.717, 1.165) is 0 Å². The molecule has 0 aromatic heterocycles. The quantitative estimate of drug-likeness (QED) is 0.380. The summed E-state index contributed by atoms with van der Waals surface area (Å²) in [5, 5.41) is 0. The van der Waals surface area contributed by atoms with E-state index in [1.807, 2.05) is 0 Å². The minimum atomic E-state index is -0.415. The van der Waals surface area contributed by atoms with Crippen molar-refractivity contribution in [3.8, 4) is 0 Å². The largest absolute Gasteiger partial charge is 0.466 e. The van der Waals surface area contributed by atoms with Crippen molar-refractivity contribution in [2.75, 3.05) is 13.2 Å². The Kier molecular flexibility index (Phi) is 12.1. The van der Waals surface area contributed by atoms with Gasteiger partial charge < -0.3 is 4.74 Å². The molecule has 13 heavy (non-hydrogen) atoms. The summed E-state index contributed by atoms with van der Waals surface area (Å²) in [5.41, 5.74) is 0. The van der Waals surface area contributed by atoms with Gasteiger partial charge in [0, 0.05) is 13.8 Å². The normalized spacial score (nSPS) is 8.00. The minimum Gasteiger partial charge on any atom is -0.466 e. The van der Waals surface area contributed by atoms with Crippen LogP contribution >= 0.6 is 0 Å². The molecule has 0 rings (SSSR count). The van der Waals surface area contributed by atoms with Crippen LogP contribution in [0.3, 0.4) is 0 Å². The second kappa shape index (κ2) is 10.9. The van der Waals surface area contributed by atoms with E-state index < -0.39 is 5.97 Å². The topological polar surface area (TPSA) is 61.8 Å². The van der Waals surface area contributed by atoms with Crippen LogP contribution in [-0.4, -0.2) is 25.2 Å². The van der Waals surface area contributed by atoms with Crippen LogP contribution in [0.5, 0.6) is 0 Å². The lowest BCUT2D eigenvalue weighted by Gasteiger charge is -1.92. The van der Waals surface area contributed by atoms with Gasteiger partial charge in [-0.15, -0.1) is 0 Å². The van der Waals surface area contributed by atoms with Crippen LogP contribution in [0, 0.1) is 0 Å². The third-order valence-electron chi connectivity index (χ3n) is 0.642. The highest BCUT2D eigenvalue weighted by molar-refractivity contribution is 5.65. The van der Waals surface area contributed by atoms with E-state index in [-0.39, 0.29) is 5.97 Å². The summed E-state index contributed by atoms with van der Waals surface area (Å²) in [6.45, 7) is 7.08. The summed E-state index contributed by atoms with van der Waals surface area (Å²) in [6, 6.07) is 0. The lowest BCUT2D eigenvalue weighted by molar-refractivity contribution is -0.267. The van der Waals surface area contributed by atoms with Crippen molar-refractivity contribution in [1.29, 1.82) is 0 Å². The van der Waals surface area contributed by atoms with Crippen LogP contribution in [0.25, 0.3) is 0 Å². The van der Waals surface area contributed by atoms with Gasteiger partial charge in [-0.05, 0) is 13.8 Å². The standard InChI is InChI=1S/C4H8O3.C4H8O2/c1-3-6-7-4(2)5;1-3-6-4(2)5/h3H2,1-2H3;3H2,1-2H3. The molecule has 5 nitrogen and oxygen atoms in total. The van der Waals surface area contributed by atoms with Gasteiger partial charge in [-0.3, -0.25) is 9.68 Å². The Balaban J connectivity index is 0. The van der Waals surface area contributed by atoms with Gasteiger partial charge >= 0.3 is 11.9 Å². The van der Waals surface area contributed by atoms with Crippen molar-refractivity contribution < 1.29 is 24.1 Å². The third-order valence-corrected chi connectivity index (χ3v) is 0.642. The molecule has 5 heteroatoms. The van der Waals surface area contributed by atoms with Crippen LogP contribution in [-0.2, 0) is 24.1 Å². The summed E-state index contributed by atoms with van der Waals surface area (Å²) in [7, 11) is 0. The predicted octanol–water partition coefficient (Wildman–Crippen LogP) is 1.07. The van der Waals surface area contributed by atoms with Gasteiger partial charge in [0.25, 0.3) is 0 Å². The zero-order valence-corrected chi connectivity index (χ0v) is 8.46. The fourth-order valence-corrected chi connectivity index (χ4v) is 0.345. The maximum Gasteiger partial charge on any atom is 0.339 e. The summed E-state index contributed by atoms with van der Waals surface area (Å²) >= 11 is 0. The monoisotopic (exact) mass is 192 g/mol. The first-order valence-electron chi connectivity index (χ1n) is 3.97. The molecule has 0 spiro atoms. The third kappa shape index (κ3) is 24.8. The van der Waals surface area contributed by atoms with E-state index in [0.29, 0.717) is 13.2 Å². The molecule has 0 heterocycles. The molecule has 0 unspecified atom stereocenters. The fourth-order valence-electron chi connectivity index (χ4n) is 0.345. The van der Waals surface area contributed by atoms with E-state index in [1.165, 1.54) is 13.8 Å². The van der Waals surface area contributed by atoms with Gasteiger partial charge in [-0.25, -0.2) is 4.79 Å². The number of carbonyl (C=O) groups excluding carboxylic acids is 2. The number of ether oxygens (including phenoxy) is 1. The Morgan fingerprint density at radius 2 is 1.54 bits per heavy atom. The Labute approximate surface area is 77.9 Å². The van der Waals surface area contributed by atoms with Gasteiger partial charge in [0.2, 0.25) is 0 Å². The summed E-state index contributed by atoms with van der Waals surface area (Å²) in [6.07, 6.45) is 0. The Hall–Kier alpha value is -1.10. The van der Waals surface area contributed by atoms with Gasteiger partial charge in [0.15, 0.2) is 0 Å². The molecule has 0 atom stereocenters. The molecule has 78 valence electrons. The van der Waals surface area contributed by atoms with Gasteiger partial charge in [-0.2, -0.15) is 4.89 Å². The van der Waals surface area contributed by atoms with Crippen molar-refractivity contribution in [3.63, 3.8) is 0 Å². The highest BCUT2D eigenvalue weighted by Gasteiger charge is 1.87. The zero-order valence-electron chi connectivity index (χ0n) is 8.46. The van der Waals surface area contributed by atoms with E-state index in [2.05, 4.69) is 14.5 Å². The van der Waals surface area contributed by atoms with E-state index in [1.54, 1.807) is 13.8 Å². The van der Waals surface area contributed by atoms with Crippen LogP contribution in [0.1, 0.15) is 27.7 Å². The molecule has 0 aromatic rings. The van der Waals surface area contributed by atoms with Crippen molar-refractivity contribution in [1.82, 2.24) is 0 Å². The van der Waals surface area contributed by atoms with E-state index in [4.69, 9.17) is 0 Å². The molecule has 0 saturated heterocycles. The van der Waals surface area contributed by atoms with Crippen molar-refractivity contribution in [3.05, 3.63) is 0 Å². The maximum absolute atomic E-state index is 9.86. The zero-order chi connectivity index (χ0) is 10.7. The smallest absolute Gasteiger partial charge is 0.339 e. The number of esters is 1. The van der Waals surface area contributed by atoms with Crippen molar-refractivity contribution >= 4 is 11.9 Å². The summed E-state index contributed by atoms with van der Waals surface area (Å²) < 4.78 is 4.40. The Morgan fingerprint density at radius 3 is 1.62 bits per heavy atom. The molecule has 0 aliphatic heterocycles. The molecular formula is C8H16O5. The first kappa shape index (κ1) is 14.4. The molecule has 0 N–H and O–H groups in total. The summed E-state index contributed by atoms with van der Waals surface area (Å²) in [5.74, 6) is -0.626. The molecule has 0 bridgehead atoms. The molecule has 0 fully saturated rings. The molecule has 0 radical (unpaired) electrons. The lowest BCUT2D eigenvalue weighted by atomic mass is 10.8. The fraction of sp³-hybridized carbons (Fsp3) is 0.750. The second-order valence-corrected chi connectivity index (χ2v) is 1.91. The number of carbonyl (C=O) groups is 2. The van der Waals surface area contributed by atoms with E-state index in [9.17, 15) is 9.59 Å². The molecule has 0 saturated carbocycles. The first-order chi connectivity index (χ1) is 6.04. The molecular weight excluding hydrogens is 176 g/mol. The average molecular weight is 192 g/mol. The number of rotatable bonds is 3. The number of hydrogen-bond donors (Lipinski definition) is 0. The molecule has 0 amide bonds. The lowest BCUT2D eigenvalue weighted by Crippen LogP contribution is -1.98.